The Bertz CT molecular complexity index is 282. The van der Waals surface area contributed by atoms with Crippen LogP contribution in [0.3, 0.4) is 0 Å². The van der Waals surface area contributed by atoms with Gasteiger partial charge in [-0.2, -0.15) is 13.2 Å². The maximum atomic E-state index is 12.9. The average Bonchev–Trinajstić information content (AvgIpc) is 2.26. The van der Waals surface area contributed by atoms with Crippen LogP contribution in [0.4, 0.5) is 13.2 Å². The Labute approximate surface area is 98.0 Å². The molecule has 1 unspecified atom stereocenters. The molecule has 1 rings (SSSR count). The van der Waals surface area contributed by atoms with Crippen LogP contribution in [0.1, 0.15) is 26.2 Å². The van der Waals surface area contributed by atoms with E-state index in [9.17, 15) is 13.2 Å². The van der Waals surface area contributed by atoms with Gasteiger partial charge in [-0.25, -0.2) is 4.58 Å². The molecule has 94 valence electrons. The summed E-state index contributed by atoms with van der Waals surface area (Å²) in [7, 11) is 1.03. The zero-order valence-electron chi connectivity index (χ0n) is 9.40. The van der Waals surface area contributed by atoms with Gasteiger partial charge in [-0.3, -0.25) is 0 Å². The minimum Gasteiger partial charge on any atom is -0.359 e. The van der Waals surface area contributed by atoms with Gasteiger partial charge in [0.1, 0.15) is 13.1 Å². The molecule has 1 atom stereocenters. The molecule has 0 aliphatic carbocycles. The topological polar surface area (TPSA) is 12.2 Å². The van der Waals surface area contributed by atoms with Crippen molar-refractivity contribution in [2.45, 2.75) is 38.0 Å². The van der Waals surface area contributed by atoms with Crippen LogP contribution in [0.15, 0.2) is 0 Å². The van der Waals surface area contributed by atoms with Crippen LogP contribution < -0.4 is 0 Å². The van der Waals surface area contributed by atoms with E-state index in [1.807, 2.05) is 0 Å². The number of hydrogen-bond acceptors (Lipinski definition) is 1. The molecule has 0 radical (unpaired) electrons. The number of rotatable bonds is 2. The largest absolute Gasteiger partial charge is 0.428 e. The molecule has 1 heterocycles. The molecule has 1 fully saturated rings. The highest BCUT2D eigenvalue weighted by molar-refractivity contribution is 6.66. The Morgan fingerprint density at radius 1 is 1.19 bits per heavy atom. The summed E-state index contributed by atoms with van der Waals surface area (Å²) in [6, 6.07) is 0. The van der Waals surface area contributed by atoms with E-state index in [2.05, 4.69) is 4.74 Å². The van der Waals surface area contributed by atoms with E-state index in [0.29, 0.717) is 13.1 Å². The van der Waals surface area contributed by atoms with E-state index >= 15 is 0 Å². The zero-order valence-corrected chi connectivity index (χ0v) is 10.2. The lowest BCUT2D eigenvalue weighted by molar-refractivity contribution is -0.540. The van der Waals surface area contributed by atoms with E-state index in [1.54, 1.807) is 4.58 Å². The van der Waals surface area contributed by atoms with Gasteiger partial charge in [0.15, 0.2) is 0 Å². The third-order valence-corrected chi connectivity index (χ3v) is 3.58. The smallest absolute Gasteiger partial charge is 0.359 e. The van der Waals surface area contributed by atoms with Gasteiger partial charge in [-0.15, -0.1) is 0 Å². The van der Waals surface area contributed by atoms with E-state index in [-0.39, 0.29) is 5.17 Å². The van der Waals surface area contributed by atoms with E-state index in [0.717, 1.165) is 33.3 Å². The first-order chi connectivity index (χ1) is 7.33. The van der Waals surface area contributed by atoms with Crippen molar-refractivity contribution in [1.29, 1.82) is 0 Å². The molecule has 1 aliphatic rings. The van der Waals surface area contributed by atoms with Crippen molar-refractivity contribution in [3.63, 3.8) is 0 Å². The molecule has 1 aliphatic heterocycles. The van der Waals surface area contributed by atoms with Crippen molar-refractivity contribution in [2.75, 3.05) is 20.2 Å². The van der Waals surface area contributed by atoms with Crippen molar-refractivity contribution in [3.05, 3.63) is 0 Å². The van der Waals surface area contributed by atoms with Crippen LogP contribution >= 0.6 is 11.6 Å². The van der Waals surface area contributed by atoms with Gasteiger partial charge in [0, 0.05) is 20.0 Å². The molecule has 0 N–H and O–H groups in total. The predicted molar refractivity (Wildman–Crippen MR) is 56.2 cm³/mol. The Hall–Kier alpha value is -0.290. The van der Waals surface area contributed by atoms with Crippen molar-refractivity contribution in [2.24, 2.45) is 0 Å². The predicted octanol–water partition coefficient (Wildman–Crippen LogP) is 2.79. The number of alkyl halides is 3. The van der Waals surface area contributed by atoms with Crippen LogP contribution in [-0.2, 0) is 4.74 Å². The number of hydrogen-bond donors (Lipinski definition) is 0. The molecule has 0 bridgehead atoms. The molecular formula is C10H16ClF3NO+. The highest BCUT2D eigenvalue weighted by atomic mass is 35.5. The molecule has 0 aromatic heterocycles. The van der Waals surface area contributed by atoms with Crippen LogP contribution in [-0.4, -0.2) is 41.7 Å². The molecule has 2 nitrogen and oxygen atoms in total. The SMILES string of the molecule is COC(C)(C(Cl)=[N+]1CCCCC1)C(F)(F)F. The van der Waals surface area contributed by atoms with Crippen LogP contribution in [0.5, 0.6) is 0 Å². The van der Waals surface area contributed by atoms with Gasteiger partial charge < -0.3 is 4.74 Å². The second kappa shape index (κ2) is 4.92. The third kappa shape index (κ3) is 2.51. The molecule has 0 spiro atoms. The van der Waals surface area contributed by atoms with Gasteiger partial charge in [-0.1, -0.05) is 0 Å². The summed E-state index contributed by atoms with van der Waals surface area (Å²) in [6.45, 7) is 2.09. The Balaban J connectivity index is 3.04. The maximum absolute atomic E-state index is 12.9. The van der Waals surface area contributed by atoms with E-state index < -0.39 is 11.8 Å². The zero-order chi connectivity index (χ0) is 12.4. The van der Waals surface area contributed by atoms with Crippen LogP contribution in [0.2, 0.25) is 0 Å². The third-order valence-electron chi connectivity index (χ3n) is 2.98. The highest BCUT2D eigenvalue weighted by Crippen LogP contribution is 2.35. The first-order valence-electron chi connectivity index (χ1n) is 5.22. The summed E-state index contributed by atoms with van der Waals surface area (Å²) in [5, 5.41) is -0.262. The normalized spacial score (nSPS) is 21.8. The molecule has 6 heteroatoms. The Morgan fingerprint density at radius 2 is 1.69 bits per heavy atom. The molecule has 0 aromatic rings. The molecule has 1 saturated heterocycles. The second-order valence-corrected chi connectivity index (χ2v) is 4.43. The summed E-state index contributed by atoms with van der Waals surface area (Å²) < 4.78 is 44.7. The van der Waals surface area contributed by atoms with E-state index in [4.69, 9.17) is 11.6 Å². The number of methoxy groups -OCH3 is 1. The molecule has 0 amide bonds. The van der Waals surface area contributed by atoms with Crippen LogP contribution in [0.25, 0.3) is 0 Å². The fourth-order valence-electron chi connectivity index (χ4n) is 1.71. The first kappa shape index (κ1) is 13.8. The lowest BCUT2D eigenvalue weighted by Gasteiger charge is -2.28. The first-order valence-corrected chi connectivity index (χ1v) is 5.60. The minimum absolute atomic E-state index is 0.262. The summed E-state index contributed by atoms with van der Waals surface area (Å²) >= 11 is 5.85. The summed E-state index contributed by atoms with van der Waals surface area (Å²) in [5.74, 6) is 0. The lowest BCUT2D eigenvalue weighted by Crippen LogP contribution is -2.52. The monoisotopic (exact) mass is 258 g/mol. The van der Waals surface area contributed by atoms with Crippen molar-refractivity contribution < 1.29 is 22.5 Å². The molecule has 0 aromatic carbocycles. The van der Waals surface area contributed by atoms with E-state index in [1.165, 1.54) is 0 Å². The fourth-order valence-corrected chi connectivity index (χ4v) is 2.06. The van der Waals surface area contributed by atoms with Crippen molar-refractivity contribution in [3.8, 4) is 0 Å². The second-order valence-electron chi connectivity index (χ2n) is 4.07. The van der Waals surface area contributed by atoms with Gasteiger partial charge >= 0.3 is 6.18 Å². The van der Waals surface area contributed by atoms with Gasteiger partial charge in [-0.05, 0) is 24.9 Å². The van der Waals surface area contributed by atoms with Gasteiger partial charge in [0.25, 0.3) is 10.8 Å². The number of ether oxygens (including phenoxy) is 1. The van der Waals surface area contributed by atoms with Gasteiger partial charge in [0.05, 0.1) is 0 Å². The number of piperidine rings is 1. The number of halogens is 4. The molecular weight excluding hydrogens is 243 g/mol. The Morgan fingerprint density at radius 3 is 2.06 bits per heavy atom. The average molecular weight is 259 g/mol. The van der Waals surface area contributed by atoms with Crippen molar-refractivity contribution >= 4 is 16.8 Å². The van der Waals surface area contributed by atoms with Crippen LogP contribution in [0, 0.1) is 0 Å². The highest BCUT2D eigenvalue weighted by Gasteiger charge is 2.59. The molecule has 16 heavy (non-hydrogen) atoms. The Kier molecular flexibility index (Phi) is 4.23. The summed E-state index contributed by atoms with van der Waals surface area (Å²) in [6.07, 6.45) is -1.73. The minimum atomic E-state index is -4.50. The maximum Gasteiger partial charge on any atom is 0.428 e. The fraction of sp³-hybridized carbons (Fsp3) is 0.900. The quantitative estimate of drug-likeness (QED) is 0.694. The summed E-state index contributed by atoms with van der Waals surface area (Å²) in [4.78, 5) is 0. The number of nitrogens with zero attached hydrogens (tertiary/aromatic N) is 1. The van der Waals surface area contributed by atoms with Crippen molar-refractivity contribution in [1.82, 2.24) is 0 Å². The molecule has 0 saturated carbocycles. The van der Waals surface area contributed by atoms with Gasteiger partial charge in [0.2, 0.25) is 0 Å². The summed E-state index contributed by atoms with van der Waals surface area (Å²) in [5.41, 5.74) is -2.40. The lowest BCUT2D eigenvalue weighted by atomic mass is 10.1. The standard InChI is InChI=1S/C10H16ClF3NO/c1-9(16-2,10(12,13)14)8(11)15-6-4-3-5-7-15/h3-7H2,1-2H3/q+1.